The van der Waals surface area contributed by atoms with Crippen LogP contribution in [-0.4, -0.2) is 0 Å². The topological polar surface area (TPSA) is 0 Å². The minimum absolute atomic E-state index is 2.37. The van der Waals surface area contributed by atoms with Gasteiger partial charge < -0.3 is 0 Å². The molecular formula is C91H4. The van der Waals surface area contributed by atoms with Crippen LogP contribution in [-0.2, 0) is 0 Å². The van der Waals surface area contributed by atoms with Crippen molar-refractivity contribution in [2.45, 2.75) is 0 Å². The highest BCUT2D eigenvalue weighted by Gasteiger charge is 1.50. The Morgan fingerprint density at radius 1 is 0.0549 bits per heavy atom. The van der Waals surface area contributed by atoms with Gasteiger partial charge in [0.1, 0.15) is 0 Å². The van der Waals surface area contributed by atoms with Crippen molar-refractivity contribution < 1.29 is 0 Å². The molecule has 0 fully saturated rings. The van der Waals surface area contributed by atoms with Gasteiger partial charge in [0, 0.05) is 407 Å². The summed E-state index contributed by atoms with van der Waals surface area (Å²) in [6, 6.07) is 0. The van der Waals surface area contributed by atoms with Crippen molar-refractivity contribution in [3.8, 4) is 0 Å². The lowest BCUT2D eigenvalue weighted by Crippen LogP contribution is -1.26. The molecule has 0 aliphatic heterocycles. The van der Waals surface area contributed by atoms with Crippen LogP contribution in [0.2, 0.25) is 0 Å². The zero-order chi connectivity index (χ0) is 64.9. The molecule has 0 aromatic rings. The third-order valence-electron chi connectivity index (χ3n) is 5.55. The van der Waals surface area contributed by atoms with Crippen molar-refractivity contribution in [1.82, 2.24) is 0 Å². The van der Waals surface area contributed by atoms with Gasteiger partial charge in [0.25, 0.3) is 0 Å². The van der Waals surface area contributed by atoms with Gasteiger partial charge in [-0.05, 0) is 105 Å². The summed E-state index contributed by atoms with van der Waals surface area (Å²) in [6.45, 7) is 6.63. The maximum atomic E-state index is 3.32. The maximum Gasteiger partial charge on any atom is 0 e. The molecule has 0 aromatic heterocycles. The van der Waals surface area contributed by atoms with Gasteiger partial charge in [0.2, 0.25) is 0 Å². The van der Waals surface area contributed by atoms with E-state index in [9.17, 15) is 0 Å². The normalized spacial score (nSPS) is 3.96. The van der Waals surface area contributed by atoms with Crippen LogP contribution in [0.1, 0.15) is 0 Å². The number of hydrogen-bond donors (Lipinski definition) is 0. The molecule has 0 spiro atoms. The third kappa shape index (κ3) is 70.2. The first kappa shape index (κ1) is 71.2. The zero-order valence-electron chi connectivity index (χ0n) is 45.9. The molecule has 0 aliphatic carbocycles. The first-order chi connectivity index (χ1) is 45.4. The molecule has 0 saturated carbocycles. The fraction of sp³-hybridized carbons (Fsp3) is 0. The SMILES string of the molecule is C=C=C=C=C=C=C=C=C=C=C=C=C=C=C=C=C=C=C=C=C=C=C=C=C=C=C=C=C=C=C=C=C=C=C=C=C=C=C=C=C=C=C=C=C=C=C=C=C=C=C=C=C=C=C=C=C=C=C=C=C=C=C=C=C=C=C=C=C=C=C=C=C=C=C=C=C=C=C=C=C=C=C=C=C=C=C=C=C=C=C. The Balaban J connectivity index is 6.17. The Labute approximate surface area is 520 Å². The summed E-state index contributed by atoms with van der Waals surface area (Å²) in [4.78, 5) is 0. The van der Waals surface area contributed by atoms with E-state index in [-0.39, 0.29) is 0 Å². The van der Waals surface area contributed by atoms with Crippen molar-refractivity contribution in [1.29, 1.82) is 0 Å². The molecule has 0 unspecified atom stereocenters. The average Bonchev–Trinajstić information content (AvgIpc) is 3.56. The number of hydrogen-bond acceptors (Lipinski definition) is 0. The molecule has 0 amide bonds. The van der Waals surface area contributed by atoms with Crippen molar-refractivity contribution in [2.75, 3.05) is 0 Å². The molecule has 0 bridgehead atoms. The van der Waals surface area contributed by atoms with Gasteiger partial charge in [-0.2, -0.15) is 0 Å². The van der Waals surface area contributed by atoms with Crippen LogP contribution in [0.5, 0.6) is 0 Å². The Hall–Kier alpha value is -19.8. The highest BCUT2D eigenvalue weighted by atomic mass is 13.5. The molecule has 0 aliphatic rings. The molecular weight excluding hydrogens is 1090 g/mol. The van der Waals surface area contributed by atoms with E-state index in [4.69, 9.17) is 0 Å². The second kappa shape index (κ2) is 70.2. The third-order valence-corrected chi connectivity index (χ3v) is 5.55. The van der Waals surface area contributed by atoms with E-state index < -0.39 is 0 Å². The standard InChI is InChI=1S/C91H4/c1-3-5-7-9-11-13-15-17-19-21-23-25-27-29-31-33-35-37-39-41-43-45-47-49-51-53-55-57-59-61-63-65-67-69-71-73-75-77-79-81-83-85-87-89-91-90-88-86-84-82-80-78-76-74-72-70-68-66-64-62-60-58-56-54-52-50-48-46-44-42-40-38-36-34-32-30-28-26-24-22-20-18-16-14-12-10-8-6-4-2/h1-2H2. The molecule has 0 atom stereocenters. The second-order valence-electron chi connectivity index (χ2n) is 11.2. The van der Waals surface area contributed by atoms with Crippen LogP contribution in [0.3, 0.4) is 0 Å². The average molecular weight is 1100 g/mol. The Bertz CT molecular complexity index is 6700. The van der Waals surface area contributed by atoms with Gasteiger partial charge in [-0.25, -0.2) is 0 Å². The second-order valence-corrected chi connectivity index (χ2v) is 11.2. The first-order valence-electron chi connectivity index (χ1n) is 22.7. The van der Waals surface area contributed by atoms with Gasteiger partial charge in [-0.3, -0.25) is 0 Å². The van der Waals surface area contributed by atoms with Crippen LogP contribution in [0, 0.1) is 0 Å². The largest absolute Gasteiger partial charge is 0.0687 e. The zero-order valence-corrected chi connectivity index (χ0v) is 45.9. The van der Waals surface area contributed by atoms with Gasteiger partial charge in [-0.15, -0.1) is 0 Å². The van der Waals surface area contributed by atoms with Gasteiger partial charge in [0.15, 0.2) is 0 Å². The van der Waals surface area contributed by atoms with Crippen molar-refractivity contribution >= 4 is 0 Å². The van der Waals surface area contributed by atoms with E-state index >= 15 is 0 Å². The monoisotopic (exact) mass is 1100 g/mol. The van der Waals surface area contributed by atoms with Crippen LogP contribution in [0.15, 0.2) is 523 Å². The van der Waals surface area contributed by atoms with Crippen molar-refractivity contribution in [2.24, 2.45) is 0 Å². The van der Waals surface area contributed by atoms with Gasteiger partial charge in [0.05, 0.1) is 0 Å². The van der Waals surface area contributed by atoms with E-state index in [2.05, 4.69) is 523 Å². The Morgan fingerprint density at radius 3 is 0.121 bits per heavy atom. The minimum atomic E-state index is 2.37. The smallest absolute Gasteiger partial charge is 0 e. The summed E-state index contributed by atoms with van der Waals surface area (Å²) in [5.74, 6) is 0. The lowest BCUT2D eigenvalue weighted by atomic mass is 10.6. The fourth-order valence-electron chi connectivity index (χ4n) is 2.74. The summed E-state index contributed by atoms with van der Waals surface area (Å²) < 4.78 is 0. The molecule has 0 rings (SSSR count). The Kier molecular flexibility index (Phi) is 54.9. The molecule has 0 radical (unpaired) electrons. The van der Waals surface area contributed by atoms with E-state index in [1.165, 1.54) is 0 Å². The van der Waals surface area contributed by atoms with E-state index in [0.29, 0.717) is 0 Å². The predicted octanol–water partition coefficient (Wildman–Crippen LogP) is 14.6. The van der Waals surface area contributed by atoms with Crippen molar-refractivity contribution in [3.05, 3.63) is 523 Å². The summed E-state index contributed by atoms with van der Waals surface area (Å²) in [7, 11) is 0. The lowest BCUT2D eigenvalue weighted by molar-refractivity contribution is 2.10. The minimum Gasteiger partial charge on any atom is -0.0687 e. The quantitative estimate of drug-likeness (QED) is 0.212. The van der Waals surface area contributed by atoms with Crippen LogP contribution in [0.4, 0.5) is 0 Å². The molecule has 0 saturated heterocycles. The first-order valence-corrected chi connectivity index (χ1v) is 22.7. The highest BCUT2D eigenvalue weighted by molar-refractivity contribution is 5.01. The highest BCUT2D eigenvalue weighted by Crippen LogP contribution is 1.65. The number of rotatable bonds is 0. The fourth-order valence-corrected chi connectivity index (χ4v) is 2.74. The van der Waals surface area contributed by atoms with Gasteiger partial charge in [-0.1, -0.05) is 11.5 Å². The predicted molar refractivity (Wildman–Crippen MR) is 324 cm³/mol. The van der Waals surface area contributed by atoms with Gasteiger partial charge >= 0.3 is 0 Å². The Morgan fingerprint density at radius 2 is 0.0879 bits per heavy atom. The van der Waals surface area contributed by atoms with E-state index in [1.807, 2.05) is 0 Å². The molecule has 0 heterocycles. The lowest BCUT2D eigenvalue weighted by Gasteiger charge is -1.41. The summed E-state index contributed by atoms with van der Waals surface area (Å²) in [6.07, 6.45) is 0. The summed E-state index contributed by atoms with van der Waals surface area (Å²) >= 11 is 0. The van der Waals surface area contributed by atoms with Crippen LogP contribution >= 0.6 is 0 Å². The van der Waals surface area contributed by atoms with E-state index in [0.717, 1.165) is 0 Å². The maximum absolute atomic E-state index is 3.32. The molecule has 0 N–H and O–H groups in total. The van der Waals surface area contributed by atoms with Crippen molar-refractivity contribution in [3.63, 3.8) is 0 Å². The summed E-state index contributed by atoms with van der Waals surface area (Å²) in [5, 5.41) is 0. The molecule has 0 heteroatoms. The summed E-state index contributed by atoms with van der Waals surface area (Å²) in [5.41, 5.74) is 222. The van der Waals surface area contributed by atoms with E-state index in [1.54, 1.807) is 0 Å². The van der Waals surface area contributed by atoms with Crippen LogP contribution < -0.4 is 0 Å². The van der Waals surface area contributed by atoms with Crippen LogP contribution in [0.25, 0.3) is 0 Å². The molecule has 91 heavy (non-hydrogen) atoms. The molecule has 368 valence electrons. The molecule has 0 aromatic carbocycles. The molecule has 0 nitrogen and oxygen atoms in total.